The van der Waals surface area contributed by atoms with E-state index in [2.05, 4.69) is 4.65 Å². The standard InChI is InChI=1S/C7H5BF2O2/c9-8(10)12-7-5-3-1-2-4-6(7)11/h1-5H. The Hall–Kier alpha value is -1.39. The topological polar surface area (TPSA) is 26.3 Å². The van der Waals surface area contributed by atoms with Crippen molar-refractivity contribution in [3.05, 3.63) is 40.6 Å². The van der Waals surface area contributed by atoms with Gasteiger partial charge in [0.25, 0.3) is 0 Å². The zero-order valence-corrected chi connectivity index (χ0v) is 6.04. The summed E-state index contributed by atoms with van der Waals surface area (Å²) in [7, 11) is -2.96. The minimum absolute atomic E-state index is 0.338. The van der Waals surface area contributed by atoms with Gasteiger partial charge in [-0.1, -0.05) is 18.2 Å². The lowest BCUT2D eigenvalue weighted by Crippen LogP contribution is -2.13. The third-order valence-electron chi connectivity index (χ3n) is 1.18. The molecule has 0 saturated carbocycles. The number of rotatable bonds is 2. The van der Waals surface area contributed by atoms with Crippen molar-refractivity contribution < 1.29 is 13.3 Å². The second-order valence-corrected chi connectivity index (χ2v) is 2.02. The molecule has 0 unspecified atom stereocenters. The molecule has 1 rings (SSSR count). The van der Waals surface area contributed by atoms with Crippen LogP contribution in [0.1, 0.15) is 0 Å². The zero-order valence-electron chi connectivity index (χ0n) is 6.04. The Morgan fingerprint density at radius 2 is 1.83 bits per heavy atom. The van der Waals surface area contributed by atoms with E-state index in [0.717, 1.165) is 6.07 Å². The summed E-state index contributed by atoms with van der Waals surface area (Å²) in [5.41, 5.74) is -0.555. The van der Waals surface area contributed by atoms with Crippen LogP contribution in [-0.2, 0) is 0 Å². The Kier molecular flexibility index (Phi) is 2.79. The lowest BCUT2D eigenvalue weighted by atomic mass is 10.3. The number of hydrogen-bond acceptors (Lipinski definition) is 2. The summed E-state index contributed by atoms with van der Waals surface area (Å²) in [5.74, 6) is -0.338. The van der Waals surface area contributed by atoms with Crippen LogP contribution >= 0.6 is 0 Å². The van der Waals surface area contributed by atoms with Crippen LogP contribution in [0, 0.1) is 0 Å². The summed E-state index contributed by atoms with van der Waals surface area (Å²) in [6.45, 7) is 0. The molecule has 0 fully saturated rings. The average Bonchev–Trinajstić information content (AvgIpc) is 2.16. The average molecular weight is 170 g/mol. The maximum atomic E-state index is 11.7. The van der Waals surface area contributed by atoms with Gasteiger partial charge < -0.3 is 4.65 Å². The van der Waals surface area contributed by atoms with Gasteiger partial charge in [0.2, 0.25) is 5.43 Å². The van der Waals surface area contributed by atoms with Crippen LogP contribution in [0.5, 0.6) is 5.75 Å². The van der Waals surface area contributed by atoms with Gasteiger partial charge >= 0.3 is 7.47 Å². The van der Waals surface area contributed by atoms with Crippen LogP contribution < -0.4 is 10.1 Å². The highest BCUT2D eigenvalue weighted by molar-refractivity contribution is 6.35. The molecular formula is C7H5BF2O2. The molecule has 0 radical (unpaired) electrons. The molecule has 0 aliphatic heterocycles. The zero-order chi connectivity index (χ0) is 8.97. The summed E-state index contributed by atoms with van der Waals surface area (Å²) < 4.78 is 27.3. The van der Waals surface area contributed by atoms with E-state index in [1.165, 1.54) is 18.2 Å². The van der Waals surface area contributed by atoms with Gasteiger partial charge in [-0.3, -0.25) is 4.79 Å². The van der Waals surface area contributed by atoms with Crippen molar-refractivity contribution in [2.24, 2.45) is 0 Å². The van der Waals surface area contributed by atoms with Crippen LogP contribution in [0.15, 0.2) is 35.1 Å². The van der Waals surface area contributed by atoms with Crippen molar-refractivity contribution >= 4 is 7.47 Å². The van der Waals surface area contributed by atoms with Gasteiger partial charge in [0.15, 0.2) is 5.75 Å². The van der Waals surface area contributed by atoms with Crippen LogP contribution in [0.3, 0.4) is 0 Å². The monoisotopic (exact) mass is 170 g/mol. The lowest BCUT2D eigenvalue weighted by molar-refractivity contribution is 0.424. The van der Waals surface area contributed by atoms with Gasteiger partial charge in [-0.05, 0) is 12.1 Å². The molecule has 12 heavy (non-hydrogen) atoms. The smallest absolute Gasteiger partial charge is 0.502 e. The number of hydrogen-bond donors (Lipinski definition) is 0. The summed E-state index contributed by atoms with van der Waals surface area (Å²) in [6.07, 6.45) is 0. The van der Waals surface area contributed by atoms with Crippen molar-refractivity contribution in [2.75, 3.05) is 0 Å². The van der Waals surface area contributed by atoms with Crippen LogP contribution in [0.25, 0.3) is 0 Å². The fourth-order valence-electron chi connectivity index (χ4n) is 0.708. The highest BCUT2D eigenvalue weighted by atomic mass is 19.2. The molecule has 0 spiro atoms. The van der Waals surface area contributed by atoms with E-state index in [1.54, 1.807) is 6.07 Å². The van der Waals surface area contributed by atoms with E-state index in [9.17, 15) is 13.4 Å². The molecule has 0 heterocycles. The summed E-state index contributed by atoms with van der Waals surface area (Å²) in [6, 6.07) is 6.84. The largest absolute Gasteiger partial charge is 0.796 e. The summed E-state index contributed by atoms with van der Waals surface area (Å²) in [5, 5.41) is 0. The van der Waals surface area contributed by atoms with Crippen molar-refractivity contribution in [1.29, 1.82) is 0 Å². The van der Waals surface area contributed by atoms with E-state index < -0.39 is 12.9 Å². The van der Waals surface area contributed by atoms with E-state index in [0.29, 0.717) is 0 Å². The molecule has 1 aromatic rings. The van der Waals surface area contributed by atoms with Crippen molar-refractivity contribution in [3.63, 3.8) is 0 Å². The first kappa shape index (κ1) is 8.71. The van der Waals surface area contributed by atoms with Crippen LogP contribution in [-0.4, -0.2) is 7.47 Å². The molecule has 1 aromatic carbocycles. The minimum atomic E-state index is -2.96. The highest BCUT2D eigenvalue weighted by Crippen LogP contribution is 2.02. The first-order valence-electron chi connectivity index (χ1n) is 3.24. The van der Waals surface area contributed by atoms with Gasteiger partial charge in [-0.25, -0.2) is 8.63 Å². The third kappa shape index (κ3) is 2.34. The van der Waals surface area contributed by atoms with Crippen molar-refractivity contribution in [3.8, 4) is 5.75 Å². The molecule has 0 aliphatic carbocycles. The first-order valence-corrected chi connectivity index (χ1v) is 3.24. The van der Waals surface area contributed by atoms with E-state index >= 15 is 0 Å². The van der Waals surface area contributed by atoms with Crippen LogP contribution in [0.2, 0.25) is 0 Å². The van der Waals surface area contributed by atoms with E-state index in [1.807, 2.05) is 0 Å². The summed E-state index contributed by atoms with van der Waals surface area (Å²) >= 11 is 0. The highest BCUT2D eigenvalue weighted by Gasteiger charge is 2.18. The molecule has 0 atom stereocenters. The molecule has 2 nitrogen and oxygen atoms in total. The lowest BCUT2D eigenvalue weighted by Gasteiger charge is -1.95. The Bertz CT molecular complexity index is 316. The molecule has 0 aromatic heterocycles. The third-order valence-corrected chi connectivity index (χ3v) is 1.18. The predicted molar refractivity (Wildman–Crippen MR) is 41.3 cm³/mol. The van der Waals surface area contributed by atoms with Gasteiger partial charge in [0, 0.05) is 0 Å². The molecule has 0 N–H and O–H groups in total. The fourth-order valence-corrected chi connectivity index (χ4v) is 0.708. The molecule has 62 valence electrons. The molecule has 0 aliphatic rings. The normalized spacial score (nSPS) is 9.17. The van der Waals surface area contributed by atoms with Gasteiger partial charge in [0.1, 0.15) is 0 Å². The van der Waals surface area contributed by atoms with Gasteiger partial charge in [-0.2, -0.15) is 0 Å². The molecule has 0 amide bonds. The molecule has 0 saturated heterocycles. The maximum absolute atomic E-state index is 11.7. The summed E-state index contributed by atoms with van der Waals surface area (Å²) in [4.78, 5) is 10.9. The molecule has 0 bridgehead atoms. The fraction of sp³-hybridized carbons (Fsp3) is 0. The van der Waals surface area contributed by atoms with Gasteiger partial charge in [-0.15, -0.1) is 0 Å². The minimum Gasteiger partial charge on any atom is -0.502 e. The van der Waals surface area contributed by atoms with Crippen molar-refractivity contribution in [1.82, 2.24) is 0 Å². The number of halogens is 2. The van der Waals surface area contributed by atoms with E-state index in [4.69, 9.17) is 0 Å². The Morgan fingerprint density at radius 3 is 2.50 bits per heavy atom. The molecular weight excluding hydrogens is 165 g/mol. The Labute approximate surface area is 68.0 Å². The maximum Gasteiger partial charge on any atom is 0.796 e. The first-order chi connectivity index (χ1) is 5.70. The predicted octanol–water partition coefficient (Wildman–Crippen LogP) is 1.35. The van der Waals surface area contributed by atoms with Gasteiger partial charge in [0.05, 0.1) is 0 Å². The quantitative estimate of drug-likeness (QED) is 0.626. The Balaban J connectivity index is 3.01. The van der Waals surface area contributed by atoms with Crippen molar-refractivity contribution in [2.45, 2.75) is 0 Å². The van der Waals surface area contributed by atoms with Crippen LogP contribution in [0.4, 0.5) is 8.63 Å². The second kappa shape index (κ2) is 3.85. The Morgan fingerprint density at radius 1 is 1.17 bits per heavy atom. The SMILES string of the molecule is O=c1cccccc1OB(F)F. The molecule has 5 heteroatoms. The second-order valence-electron chi connectivity index (χ2n) is 2.02. The van der Waals surface area contributed by atoms with E-state index in [-0.39, 0.29) is 5.75 Å².